The molecule has 4 rings (SSSR count). The summed E-state index contributed by atoms with van der Waals surface area (Å²) in [4.78, 5) is 32.4. The largest absolute Gasteiger partial charge is 0.497 e. The van der Waals surface area contributed by atoms with Crippen molar-refractivity contribution in [3.05, 3.63) is 95.4 Å². The van der Waals surface area contributed by atoms with Crippen LogP contribution in [0.25, 0.3) is 10.9 Å². The molecule has 0 bridgehead atoms. The number of alkyl halides is 3. The molecule has 0 unspecified atom stereocenters. The van der Waals surface area contributed by atoms with E-state index in [0.29, 0.717) is 11.5 Å². The Hall–Kier alpha value is -4.65. The van der Waals surface area contributed by atoms with Crippen molar-refractivity contribution in [2.24, 2.45) is 5.10 Å². The van der Waals surface area contributed by atoms with Gasteiger partial charge in [-0.3, -0.25) is 14.6 Å². The monoisotopic (exact) mass is 627 g/mol. The van der Waals surface area contributed by atoms with Gasteiger partial charge in [-0.05, 0) is 30.3 Å². The number of nitrogens with zero attached hydrogens (tertiary/aromatic N) is 3. The Morgan fingerprint density at radius 1 is 1.09 bits per heavy atom. The second-order valence-electron chi connectivity index (χ2n) is 9.79. The highest BCUT2D eigenvalue weighted by Gasteiger charge is 2.34. The molecular weight excluding hydrogens is 598 g/mol. The summed E-state index contributed by atoms with van der Waals surface area (Å²) in [5, 5.41) is 7.04. The standard InChI is InChI=1S/C31H29F4N5O3S/c1-40(2)27(41)14-20(18-44-22-8-5-4-6-9-22)38-28-23-10-7-11-25(31(33,34)35)29(23)36-17-24(28)30(42)39-37-16-19-12-13-21(43-3)15-26(19)32/h4-13,15-17,20H,14,18H2,1-3H3,(H,36,38)(H,39,42)/b37-16+/t20-/m1/s1. The van der Waals surface area contributed by atoms with E-state index in [0.717, 1.165) is 29.4 Å². The molecule has 3 aromatic carbocycles. The van der Waals surface area contributed by atoms with Gasteiger partial charge in [-0.25, -0.2) is 9.82 Å². The van der Waals surface area contributed by atoms with Crippen molar-refractivity contribution in [2.75, 3.05) is 32.3 Å². The lowest BCUT2D eigenvalue weighted by molar-refractivity contribution is -0.136. The second kappa shape index (κ2) is 14.2. The van der Waals surface area contributed by atoms with Gasteiger partial charge < -0.3 is 15.0 Å². The van der Waals surface area contributed by atoms with Crippen LogP contribution in [0.15, 0.2) is 82.9 Å². The molecule has 0 aliphatic carbocycles. The number of fused-ring (bicyclic) bond motifs is 1. The first kappa shape index (κ1) is 32.3. The summed E-state index contributed by atoms with van der Waals surface area (Å²) < 4.78 is 61.0. The number of nitrogens with one attached hydrogen (secondary N) is 2. The number of rotatable bonds is 11. The van der Waals surface area contributed by atoms with Gasteiger partial charge in [0, 0.05) is 60.4 Å². The molecular formula is C31H29F4N5O3S. The van der Waals surface area contributed by atoms with E-state index >= 15 is 0 Å². The van der Waals surface area contributed by atoms with Crippen LogP contribution in [0.2, 0.25) is 0 Å². The predicted molar refractivity (Wildman–Crippen MR) is 163 cm³/mol. The highest BCUT2D eigenvalue weighted by atomic mass is 32.2. The topological polar surface area (TPSA) is 95.9 Å². The smallest absolute Gasteiger partial charge is 0.418 e. The zero-order valence-electron chi connectivity index (χ0n) is 24.0. The van der Waals surface area contributed by atoms with Crippen molar-refractivity contribution in [3.8, 4) is 5.75 Å². The zero-order chi connectivity index (χ0) is 31.9. The summed E-state index contributed by atoms with van der Waals surface area (Å²) in [6.07, 6.45) is -2.60. The average Bonchev–Trinajstić information content (AvgIpc) is 3.00. The van der Waals surface area contributed by atoms with Gasteiger partial charge >= 0.3 is 6.18 Å². The molecule has 0 radical (unpaired) electrons. The van der Waals surface area contributed by atoms with Crippen LogP contribution in [-0.4, -0.2) is 60.9 Å². The minimum Gasteiger partial charge on any atom is -0.497 e. The molecule has 13 heteroatoms. The van der Waals surface area contributed by atoms with Gasteiger partial charge in [-0.15, -0.1) is 11.8 Å². The van der Waals surface area contributed by atoms with Crippen LogP contribution in [0.5, 0.6) is 5.75 Å². The van der Waals surface area contributed by atoms with Crippen molar-refractivity contribution in [1.29, 1.82) is 0 Å². The first-order chi connectivity index (χ1) is 21.0. The summed E-state index contributed by atoms with van der Waals surface area (Å²) in [5.41, 5.74) is 0.956. The molecule has 0 aliphatic heterocycles. The Morgan fingerprint density at radius 3 is 2.50 bits per heavy atom. The Labute approximate surface area is 255 Å². The molecule has 2 amide bonds. The fraction of sp³-hybridized carbons (Fsp3) is 0.226. The first-order valence-corrected chi connectivity index (χ1v) is 14.3. The number of thioether (sulfide) groups is 1. The van der Waals surface area contributed by atoms with Gasteiger partial charge in [-0.2, -0.15) is 18.3 Å². The van der Waals surface area contributed by atoms with E-state index in [9.17, 15) is 27.2 Å². The number of carbonyl (C=O) groups excluding carboxylic acids is 2. The van der Waals surface area contributed by atoms with Crippen molar-refractivity contribution in [3.63, 3.8) is 0 Å². The van der Waals surface area contributed by atoms with Gasteiger partial charge in [0.05, 0.1) is 35.7 Å². The molecule has 1 aromatic heterocycles. The molecule has 0 spiro atoms. The van der Waals surface area contributed by atoms with Crippen LogP contribution in [0.3, 0.4) is 0 Å². The summed E-state index contributed by atoms with van der Waals surface area (Å²) >= 11 is 1.45. The maximum Gasteiger partial charge on any atom is 0.418 e. The number of amides is 2. The number of ether oxygens (including phenoxy) is 1. The van der Waals surface area contributed by atoms with Gasteiger partial charge in [0.2, 0.25) is 5.91 Å². The molecule has 2 N–H and O–H groups in total. The molecule has 0 aliphatic rings. The molecule has 0 saturated carbocycles. The number of methoxy groups -OCH3 is 1. The van der Waals surface area contributed by atoms with Gasteiger partial charge in [-0.1, -0.05) is 30.3 Å². The predicted octanol–water partition coefficient (Wildman–Crippen LogP) is 6.22. The summed E-state index contributed by atoms with van der Waals surface area (Å²) in [5.74, 6) is -1.02. The van der Waals surface area contributed by atoms with E-state index in [2.05, 4.69) is 20.8 Å². The Bertz CT molecular complexity index is 1670. The molecule has 0 fully saturated rings. The van der Waals surface area contributed by atoms with Crippen LogP contribution < -0.4 is 15.5 Å². The molecule has 8 nitrogen and oxygen atoms in total. The second-order valence-corrected chi connectivity index (χ2v) is 10.9. The normalized spacial score (nSPS) is 12.2. The number of aromatic nitrogens is 1. The SMILES string of the molecule is COc1ccc(/C=N/NC(=O)c2cnc3c(C(F)(F)F)cccc3c2N[C@@H](CSc2ccccc2)CC(=O)N(C)C)c(F)c1. The van der Waals surface area contributed by atoms with Crippen LogP contribution in [-0.2, 0) is 11.0 Å². The van der Waals surface area contributed by atoms with Crippen molar-refractivity contribution < 1.29 is 31.9 Å². The van der Waals surface area contributed by atoms with E-state index in [1.165, 1.54) is 48.0 Å². The van der Waals surface area contributed by atoms with E-state index in [1.807, 2.05) is 30.3 Å². The molecule has 230 valence electrons. The Morgan fingerprint density at radius 2 is 1.84 bits per heavy atom. The van der Waals surface area contributed by atoms with Crippen molar-refractivity contribution >= 4 is 46.4 Å². The average molecular weight is 628 g/mol. The van der Waals surface area contributed by atoms with Crippen LogP contribution in [0.4, 0.5) is 23.2 Å². The minimum absolute atomic E-state index is 0.00836. The summed E-state index contributed by atoms with van der Waals surface area (Å²) in [6, 6.07) is 16.4. The highest BCUT2D eigenvalue weighted by molar-refractivity contribution is 7.99. The number of halogens is 4. The lowest BCUT2D eigenvalue weighted by Crippen LogP contribution is -2.33. The third-order valence-corrected chi connectivity index (χ3v) is 7.66. The molecule has 0 saturated heterocycles. The maximum atomic E-state index is 14.3. The fourth-order valence-electron chi connectivity index (χ4n) is 4.20. The zero-order valence-corrected chi connectivity index (χ0v) is 24.8. The number of hydrazone groups is 1. The summed E-state index contributed by atoms with van der Waals surface area (Å²) in [6.45, 7) is 0. The fourth-order valence-corrected chi connectivity index (χ4v) is 5.15. The van der Waals surface area contributed by atoms with Gasteiger partial charge in [0.15, 0.2) is 0 Å². The van der Waals surface area contributed by atoms with Gasteiger partial charge in [0.1, 0.15) is 11.6 Å². The summed E-state index contributed by atoms with van der Waals surface area (Å²) in [7, 11) is 4.60. The van der Waals surface area contributed by atoms with Crippen LogP contribution in [0.1, 0.15) is 27.9 Å². The highest BCUT2D eigenvalue weighted by Crippen LogP contribution is 2.37. The van der Waals surface area contributed by atoms with Crippen molar-refractivity contribution in [1.82, 2.24) is 15.3 Å². The Kier molecular flexibility index (Phi) is 10.4. The number of anilines is 1. The lowest BCUT2D eigenvalue weighted by Gasteiger charge is -2.24. The maximum absolute atomic E-state index is 14.3. The molecule has 1 atom stereocenters. The number of hydrogen-bond acceptors (Lipinski definition) is 7. The third kappa shape index (κ3) is 8.04. The molecule has 1 heterocycles. The first-order valence-electron chi connectivity index (χ1n) is 13.3. The lowest BCUT2D eigenvalue weighted by atomic mass is 10.0. The number of para-hydroxylation sites is 1. The van der Waals surface area contributed by atoms with Crippen molar-refractivity contribution in [2.45, 2.75) is 23.5 Å². The number of benzene rings is 3. The van der Waals surface area contributed by atoms with E-state index in [-0.39, 0.29) is 40.0 Å². The van der Waals surface area contributed by atoms with Crippen LogP contribution >= 0.6 is 11.8 Å². The van der Waals surface area contributed by atoms with E-state index in [4.69, 9.17) is 4.74 Å². The Balaban J connectivity index is 1.72. The third-order valence-electron chi connectivity index (χ3n) is 6.49. The number of carbonyl (C=O) groups is 2. The molecule has 44 heavy (non-hydrogen) atoms. The van der Waals surface area contributed by atoms with E-state index in [1.54, 1.807) is 14.1 Å². The number of pyridine rings is 1. The number of hydrogen-bond donors (Lipinski definition) is 2. The van der Waals surface area contributed by atoms with Crippen LogP contribution in [0, 0.1) is 5.82 Å². The minimum atomic E-state index is -4.70. The van der Waals surface area contributed by atoms with Gasteiger partial charge in [0.25, 0.3) is 5.91 Å². The molecule has 4 aromatic rings. The quantitative estimate of drug-likeness (QED) is 0.0888. The van der Waals surface area contributed by atoms with E-state index < -0.39 is 29.5 Å².